The molecule has 13 heteroatoms. The Morgan fingerprint density at radius 2 is 1.66 bits per heavy atom. The van der Waals surface area contributed by atoms with Crippen LogP contribution in [-0.2, 0) is 22.6 Å². The maximum absolute atomic E-state index is 15.0. The molecule has 8 rings (SSSR count). The van der Waals surface area contributed by atoms with E-state index in [0.29, 0.717) is 37.0 Å². The summed E-state index contributed by atoms with van der Waals surface area (Å²) < 4.78 is 20.4. The van der Waals surface area contributed by atoms with E-state index in [0.717, 1.165) is 16.9 Å². The van der Waals surface area contributed by atoms with Gasteiger partial charge in [0.15, 0.2) is 15.3 Å². The number of rotatable bonds is 6. The molecule has 2 aliphatic heterocycles. The predicted molar refractivity (Wildman–Crippen MR) is 180 cm³/mol. The minimum atomic E-state index is -1.96. The number of carbonyl (C=O) groups is 2. The van der Waals surface area contributed by atoms with E-state index in [9.17, 15) is 14.0 Å². The Kier molecular flexibility index (Phi) is 7.17. The lowest BCUT2D eigenvalue weighted by Crippen LogP contribution is -2.53. The van der Waals surface area contributed by atoms with Crippen LogP contribution in [0.5, 0.6) is 0 Å². The Bertz CT molecular complexity index is 2330. The van der Waals surface area contributed by atoms with Gasteiger partial charge in [-0.1, -0.05) is 88.8 Å². The molecule has 2 aliphatic rings. The second-order valence-electron chi connectivity index (χ2n) is 10.9. The molecule has 1 atom stereocenters. The molecule has 6 aromatic rings. The molecular weight excluding hydrogens is 682 g/mol. The van der Waals surface area contributed by atoms with Gasteiger partial charge in [0.05, 0.1) is 23.2 Å². The predicted octanol–water partition coefficient (Wildman–Crippen LogP) is 7.83. The first-order valence-corrected chi connectivity index (χ1v) is 16.8. The minimum Gasteiger partial charge on any atom is -0.450 e. The number of aromatic nitrogens is 2. The van der Waals surface area contributed by atoms with Crippen LogP contribution in [0.2, 0.25) is 10.0 Å². The molecule has 1 unspecified atom stereocenters. The number of hydrogen-bond acceptors (Lipinski definition) is 8. The molecule has 47 heavy (non-hydrogen) atoms. The van der Waals surface area contributed by atoms with E-state index in [1.165, 1.54) is 45.8 Å². The summed E-state index contributed by atoms with van der Waals surface area (Å²) >= 11 is 15.0. The summed E-state index contributed by atoms with van der Waals surface area (Å²) in [6.45, 7) is 0.0524. The van der Waals surface area contributed by atoms with Gasteiger partial charge in [-0.2, -0.15) is 0 Å². The number of benzene rings is 4. The highest BCUT2D eigenvalue weighted by molar-refractivity contribution is 8.00. The van der Waals surface area contributed by atoms with Gasteiger partial charge in [0.25, 0.3) is 11.8 Å². The van der Waals surface area contributed by atoms with Crippen molar-refractivity contribution in [2.75, 3.05) is 9.80 Å². The maximum Gasteiger partial charge on any atom is 0.297 e. The fraction of sp³-hybridized carbons (Fsp3) is 0.0882. The zero-order valence-electron chi connectivity index (χ0n) is 23.9. The summed E-state index contributed by atoms with van der Waals surface area (Å²) in [5.74, 6) is -1.41. The summed E-state index contributed by atoms with van der Waals surface area (Å²) in [4.78, 5) is 46.7. The molecule has 8 nitrogen and oxygen atoms in total. The normalized spacial score (nSPS) is 16.8. The number of hydrogen-bond donors (Lipinski definition) is 0. The van der Waals surface area contributed by atoms with Gasteiger partial charge < -0.3 is 9.32 Å². The molecule has 0 N–H and O–H groups in total. The largest absolute Gasteiger partial charge is 0.450 e. The first kappa shape index (κ1) is 29.8. The molecular formula is C34H19Cl2FN4O4S2. The number of thioether (sulfide) groups is 1. The third-order valence-electron chi connectivity index (χ3n) is 8.18. The second-order valence-corrected chi connectivity index (χ2v) is 14.0. The van der Waals surface area contributed by atoms with Crippen LogP contribution in [0.15, 0.2) is 105 Å². The van der Waals surface area contributed by atoms with Gasteiger partial charge in [-0.05, 0) is 59.7 Å². The number of anilines is 2. The third-order valence-corrected chi connectivity index (χ3v) is 10.8. The van der Waals surface area contributed by atoms with Crippen LogP contribution in [0.1, 0.15) is 32.8 Å². The molecule has 232 valence electrons. The molecule has 2 amide bonds. The molecule has 2 aromatic heterocycles. The number of para-hydroxylation sites is 1. The van der Waals surface area contributed by atoms with E-state index in [-0.39, 0.29) is 34.0 Å². The highest BCUT2D eigenvalue weighted by Gasteiger charge is 2.66. The van der Waals surface area contributed by atoms with Crippen molar-refractivity contribution >= 4 is 79.9 Å². The summed E-state index contributed by atoms with van der Waals surface area (Å²) in [7, 11) is 0. The van der Waals surface area contributed by atoms with Gasteiger partial charge in [0, 0.05) is 21.4 Å². The first-order chi connectivity index (χ1) is 22.8. The average molecular weight is 702 g/mol. The Balaban J connectivity index is 1.32. The van der Waals surface area contributed by atoms with Gasteiger partial charge in [0.1, 0.15) is 11.4 Å². The zero-order valence-corrected chi connectivity index (χ0v) is 27.1. The van der Waals surface area contributed by atoms with Crippen molar-refractivity contribution in [2.24, 2.45) is 0 Å². The van der Waals surface area contributed by atoms with Gasteiger partial charge in [0.2, 0.25) is 10.9 Å². The number of amides is 2. The van der Waals surface area contributed by atoms with Crippen molar-refractivity contribution in [3.63, 3.8) is 0 Å². The fourth-order valence-corrected chi connectivity index (χ4v) is 8.41. The van der Waals surface area contributed by atoms with E-state index in [1.807, 2.05) is 18.2 Å². The monoisotopic (exact) mass is 700 g/mol. The maximum atomic E-state index is 15.0. The molecule has 4 heterocycles. The van der Waals surface area contributed by atoms with Gasteiger partial charge in [-0.3, -0.25) is 19.3 Å². The van der Waals surface area contributed by atoms with E-state index >= 15 is 4.79 Å². The van der Waals surface area contributed by atoms with Crippen molar-refractivity contribution < 1.29 is 18.4 Å². The van der Waals surface area contributed by atoms with Crippen molar-refractivity contribution in [2.45, 2.75) is 22.2 Å². The Labute approximate surface area is 284 Å². The van der Waals surface area contributed by atoms with E-state index < -0.39 is 28.6 Å². The Hall–Kier alpha value is -4.55. The van der Waals surface area contributed by atoms with Crippen LogP contribution in [0.3, 0.4) is 0 Å². The summed E-state index contributed by atoms with van der Waals surface area (Å²) in [6, 6.07) is 24.7. The Morgan fingerprint density at radius 3 is 2.47 bits per heavy atom. The molecule has 1 spiro atoms. The van der Waals surface area contributed by atoms with Gasteiger partial charge in [-0.25, -0.2) is 4.39 Å². The lowest BCUT2D eigenvalue weighted by Gasteiger charge is -2.32. The lowest BCUT2D eigenvalue weighted by molar-refractivity contribution is -0.121. The molecule has 4 aromatic carbocycles. The van der Waals surface area contributed by atoms with E-state index in [2.05, 4.69) is 10.2 Å². The molecule has 0 aliphatic carbocycles. The second kappa shape index (κ2) is 11.3. The third kappa shape index (κ3) is 4.68. The smallest absolute Gasteiger partial charge is 0.297 e. The standard InChI is InChI=1S/C34H19Cl2FN4O4S2/c35-20-5-3-4-19(14-20)17-46-33-39-38-32(47-33)41-30(43)29-27(28(42)23-15-21(36)10-13-26(23)45-29)34(41)24-6-1-2-7-25(24)40(31(34)44)16-18-8-11-22(37)12-9-18/h1-15H,16-17H2. The summed E-state index contributed by atoms with van der Waals surface area (Å²) in [5.41, 5.74) is 0.00237. The molecule has 0 saturated heterocycles. The Morgan fingerprint density at radius 1 is 0.872 bits per heavy atom. The average Bonchev–Trinajstić information content (AvgIpc) is 3.70. The fourth-order valence-electron chi connectivity index (χ4n) is 6.19. The lowest BCUT2D eigenvalue weighted by atomic mass is 9.84. The van der Waals surface area contributed by atoms with Crippen molar-refractivity contribution in [1.29, 1.82) is 0 Å². The van der Waals surface area contributed by atoms with Crippen LogP contribution >= 0.6 is 46.3 Å². The molecule has 0 fully saturated rings. The van der Waals surface area contributed by atoms with Crippen molar-refractivity contribution in [3.05, 3.63) is 145 Å². The summed E-state index contributed by atoms with van der Waals surface area (Å²) in [5, 5.41) is 9.85. The molecule has 0 bridgehead atoms. The van der Waals surface area contributed by atoms with Gasteiger partial charge >= 0.3 is 0 Å². The van der Waals surface area contributed by atoms with Crippen molar-refractivity contribution in [3.8, 4) is 0 Å². The van der Waals surface area contributed by atoms with Crippen LogP contribution in [0, 0.1) is 5.82 Å². The number of carbonyl (C=O) groups excluding carboxylic acids is 2. The van der Waals surface area contributed by atoms with Crippen LogP contribution in [0.25, 0.3) is 11.0 Å². The quantitative estimate of drug-likeness (QED) is 0.129. The highest BCUT2D eigenvalue weighted by Crippen LogP contribution is 2.55. The first-order valence-electron chi connectivity index (χ1n) is 14.2. The number of nitrogens with zero attached hydrogens (tertiary/aromatic N) is 4. The SMILES string of the molecule is O=C1c2oc3ccc(Cl)cc3c(=O)c2C2(C(=O)N(Cc3ccc(F)cc3)c3ccccc32)N1c1nnc(SCc2cccc(Cl)c2)s1. The van der Waals surface area contributed by atoms with Crippen LogP contribution in [0.4, 0.5) is 15.2 Å². The minimum absolute atomic E-state index is 0.0524. The molecule has 0 saturated carbocycles. The zero-order chi connectivity index (χ0) is 32.4. The van der Waals surface area contributed by atoms with Gasteiger partial charge in [-0.15, -0.1) is 10.2 Å². The van der Waals surface area contributed by atoms with E-state index in [4.69, 9.17) is 27.6 Å². The van der Waals surface area contributed by atoms with E-state index in [1.54, 1.807) is 48.5 Å². The summed E-state index contributed by atoms with van der Waals surface area (Å²) in [6.07, 6.45) is 0. The number of halogens is 3. The number of fused-ring (bicyclic) bond motifs is 5. The van der Waals surface area contributed by atoms with Crippen molar-refractivity contribution in [1.82, 2.24) is 10.2 Å². The molecule has 0 radical (unpaired) electrons. The van der Waals surface area contributed by atoms with Crippen LogP contribution in [-0.4, -0.2) is 22.0 Å². The topological polar surface area (TPSA) is 96.6 Å². The van der Waals surface area contributed by atoms with Crippen LogP contribution < -0.4 is 15.2 Å². The highest BCUT2D eigenvalue weighted by atomic mass is 35.5.